The number of ether oxygens (including phenoxy) is 1. The smallest absolute Gasteiger partial charge is 0.0957 e. The van der Waals surface area contributed by atoms with Gasteiger partial charge in [-0.05, 0) is 39.2 Å². The summed E-state index contributed by atoms with van der Waals surface area (Å²) in [5, 5.41) is 4.69. The molecule has 1 saturated heterocycles. The molecule has 1 N–H and O–H groups in total. The van der Waals surface area contributed by atoms with Crippen molar-refractivity contribution in [3.05, 3.63) is 15.6 Å². The van der Waals surface area contributed by atoms with Crippen molar-refractivity contribution in [1.82, 2.24) is 10.3 Å². The number of nitrogens with zero attached hydrogens (tertiary/aromatic N) is 1. The average molecular weight is 252 g/mol. The molecule has 0 saturated carbocycles. The Labute approximate surface area is 107 Å². The van der Waals surface area contributed by atoms with E-state index in [4.69, 9.17) is 9.72 Å². The van der Waals surface area contributed by atoms with E-state index in [1.54, 1.807) is 0 Å². The van der Waals surface area contributed by atoms with Gasteiger partial charge in [0, 0.05) is 23.9 Å². The number of rotatable bonds is 3. The van der Waals surface area contributed by atoms with Crippen molar-refractivity contribution in [2.75, 3.05) is 13.7 Å². The third-order valence-corrected chi connectivity index (χ3v) is 5.00. The first-order chi connectivity index (χ1) is 8.36. The molecular weight excluding hydrogens is 232 g/mol. The average Bonchev–Trinajstić information content (AvgIpc) is 2.97. The maximum atomic E-state index is 5.69. The number of aryl methyl sites for hydroxylation is 1. The molecule has 1 aromatic heterocycles. The summed E-state index contributed by atoms with van der Waals surface area (Å²) in [6, 6.07) is 0.537. The van der Waals surface area contributed by atoms with E-state index >= 15 is 0 Å². The van der Waals surface area contributed by atoms with Crippen LogP contribution in [-0.2, 0) is 17.6 Å². The maximum Gasteiger partial charge on any atom is 0.0957 e. The zero-order chi connectivity index (χ0) is 11.7. The first kappa shape index (κ1) is 11.6. The highest BCUT2D eigenvalue weighted by Gasteiger charge is 2.25. The molecule has 1 aliphatic heterocycles. The summed E-state index contributed by atoms with van der Waals surface area (Å²) in [6.07, 6.45) is 7.56. The number of hydrogen-bond donors (Lipinski definition) is 1. The molecule has 0 aromatic carbocycles. The van der Waals surface area contributed by atoms with Crippen molar-refractivity contribution < 1.29 is 4.74 Å². The summed E-state index contributed by atoms with van der Waals surface area (Å²) in [5.41, 5.74) is 1.34. The SMILES string of the molecule is CNC1CCCc2nc(CC3CCCO3)sc21. The van der Waals surface area contributed by atoms with E-state index in [2.05, 4.69) is 12.4 Å². The molecule has 94 valence electrons. The molecule has 17 heavy (non-hydrogen) atoms. The van der Waals surface area contributed by atoms with Crippen LogP contribution in [0, 0.1) is 0 Å². The lowest BCUT2D eigenvalue weighted by Gasteiger charge is -2.20. The molecular formula is C13H20N2OS. The lowest BCUT2D eigenvalue weighted by Crippen LogP contribution is -2.19. The number of aromatic nitrogens is 1. The van der Waals surface area contributed by atoms with E-state index in [9.17, 15) is 0 Å². The summed E-state index contributed by atoms with van der Waals surface area (Å²) < 4.78 is 5.69. The van der Waals surface area contributed by atoms with E-state index < -0.39 is 0 Å². The van der Waals surface area contributed by atoms with E-state index in [-0.39, 0.29) is 0 Å². The van der Waals surface area contributed by atoms with Crippen molar-refractivity contribution in [1.29, 1.82) is 0 Å². The second-order valence-corrected chi connectivity index (χ2v) is 6.11. The Morgan fingerprint density at radius 1 is 1.41 bits per heavy atom. The van der Waals surface area contributed by atoms with Gasteiger partial charge in [-0.2, -0.15) is 0 Å². The molecule has 0 radical (unpaired) electrons. The molecule has 1 aromatic rings. The Kier molecular flexibility index (Phi) is 3.45. The van der Waals surface area contributed by atoms with Gasteiger partial charge in [0.25, 0.3) is 0 Å². The van der Waals surface area contributed by atoms with Gasteiger partial charge in [0.05, 0.1) is 16.8 Å². The van der Waals surface area contributed by atoms with Crippen molar-refractivity contribution in [2.24, 2.45) is 0 Å². The monoisotopic (exact) mass is 252 g/mol. The van der Waals surface area contributed by atoms with Crippen molar-refractivity contribution in [3.63, 3.8) is 0 Å². The van der Waals surface area contributed by atoms with Gasteiger partial charge in [-0.25, -0.2) is 4.98 Å². The second kappa shape index (κ2) is 5.04. The molecule has 3 rings (SSSR count). The number of thiazole rings is 1. The highest BCUT2D eigenvalue weighted by Crippen LogP contribution is 2.34. The Bertz CT molecular complexity index is 385. The van der Waals surface area contributed by atoms with E-state index in [0.717, 1.165) is 19.4 Å². The van der Waals surface area contributed by atoms with Crippen LogP contribution in [0.1, 0.15) is 47.3 Å². The Hall–Kier alpha value is -0.450. The van der Waals surface area contributed by atoms with Crippen LogP contribution < -0.4 is 5.32 Å². The third kappa shape index (κ3) is 2.39. The fourth-order valence-corrected chi connectivity index (χ4v) is 4.16. The summed E-state index contributed by atoms with van der Waals surface area (Å²) in [6.45, 7) is 0.939. The summed E-state index contributed by atoms with van der Waals surface area (Å²) >= 11 is 1.90. The van der Waals surface area contributed by atoms with Crippen LogP contribution in [0.4, 0.5) is 0 Å². The van der Waals surface area contributed by atoms with Gasteiger partial charge < -0.3 is 10.1 Å². The normalized spacial score (nSPS) is 28.3. The predicted octanol–water partition coefficient (Wildman–Crippen LogP) is 2.46. The highest BCUT2D eigenvalue weighted by molar-refractivity contribution is 7.11. The fraction of sp³-hybridized carbons (Fsp3) is 0.769. The zero-order valence-electron chi connectivity index (χ0n) is 10.4. The molecule has 3 nitrogen and oxygen atoms in total. The van der Waals surface area contributed by atoms with E-state index in [0.29, 0.717) is 12.1 Å². The molecule has 4 heteroatoms. The number of nitrogens with one attached hydrogen (secondary N) is 1. The first-order valence-corrected chi connectivity index (χ1v) is 7.46. The highest BCUT2D eigenvalue weighted by atomic mass is 32.1. The van der Waals surface area contributed by atoms with Crippen molar-refractivity contribution in [2.45, 2.75) is 50.7 Å². The largest absolute Gasteiger partial charge is 0.378 e. The van der Waals surface area contributed by atoms with Crippen LogP contribution in [-0.4, -0.2) is 24.7 Å². The topological polar surface area (TPSA) is 34.2 Å². The van der Waals surface area contributed by atoms with Gasteiger partial charge >= 0.3 is 0 Å². The maximum absolute atomic E-state index is 5.69. The minimum Gasteiger partial charge on any atom is -0.378 e. The van der Waals surface area contributed by atoms with Crippen LogP contribution >= 0.6 is 11.3 Å². The molecule has 2 heterocycles. The second-order valence-electron chi connectivity index (χ2n) is 4.99. The molecule has 1 fully saturated rings. The van der Waals surface area contributed by atoms with Gasteiger partial charge in [-0.3, -0.25) is 0 Å². The summed E-state index contributed by atoms with van der Waals surface area (Å²) in [5.74, 6) is 0. The first-order valence-electron chi connectivity index (χ1n) is 6.64. The van der Waals surface area contributed by atoms with Crippen LogP contribution in [0.2, 0.25) is 0 Å². The lowest BCUT2D eigenvalue weighted by atomic mass is 9.98. The van der Waals surface area contributed by atoms with Crippen LogP contribution in [0.25, 0.3) is 0 Å². The molecule has 2 unspecified atom stereocenters. The third-order valence-electron chi connectivity index (χ3n) is 3.77. The van der Waals surface area contributed by atoms with Crippen LogP contribution in [0.3, 0.4) is 0 Å². The van der Waals surface area contributed by atoms with E-state index in [1.165, 1.54) is 41.3 Å². The van der Waals surface area contributed by atoms with Crippen molar-refractivity contribution >= 4 is 11.3 Å². The lowest BCUT2D eigenvalue weighted by molar-refractivity contribution is 0.111. The molecule has 2 aliphatic rings. The predicted molar refractivity (Wildman–Crippen MR) is 69.5 cm³/mol. The quantitative estimate of drug-likeness (QED) is 0.897. The minimum absolute atomic E-state index is 0.427. The van der Waals surface area contributed by atoms with Gasteiger partial charge in [0.15, 0.2) is 0 Å². The minimum atomic E-state index is 0.427. The van der Waals surface area contributed by atoms with Gasteiger partial charge in [-0.1, -0.05) is 0 Å². The molecule has 0 bridgehead atoms. The van der Waals surface area contributed by atoms with Gasteiger partial charge in [0.1, 0.15) is 0 Å². The molecule has 0 spiro atoms. The van der Waals surface area contributed by atoms with Crippen LogP contribution in [0.5, 0.6) is 0 Å². The van der Waals surface area contributed by atoms with Gasteiger partial charge in [0.2, 0.25) is 0 Å². The van der Waals surface area contributed by atoms with Crippen LogP contribution in [0.15, 0.2) is 0 Å². The fourth-order valence-electron chi connectivity index (χ4n) is 2.83. The molecule has 2 atom stereocenters. The summed E-state index contributed by atoms with van der Waals surface area (Å²) in [7, 11) is 2.05. The zero-order valence-corrected chi connectivity index (χ0v) is 11.2. The Morgan fingerprint density at radius 2 is 2.35 bits per heavy atom. The van der Waals surface area contributed by atoms with Crippen molar-refractivity contribution in [3.8, 4) is 0 Å². The Morgan fingerprint density at radius 3 is 3.12 bits per heavy atom. The van der Waals surface area contributed by atoms with E-state index in [1.807, 2.05) is 11.3 Å². The number of fused-ring (bicyclic) bond motifs is 1. The Balaban J connectivity index is 1.75. The standard InChI is InChI=1S/C13H20N2OS/c1-14-10-5-2-6-11-13(10)17-12(15-11)8-9-4-3-7-16-9/h9-10,14H,2-8H2,1H3. The van der Waals surface area contributed by atoms with Gasteiger partial charge in [-0.15, -0.1) is 11.3 Å². The summed E-state index contributed by atoms with van der Waals surface area (Å²) in [4.78, 5) is 6.29. The molecule has 1 aliphatic carbocycles. The number of hydrogen-bond acceptors (Lipinski definition) is 4. The molecule has 0 amide bonds.